The highest BCUT2D eigenvalue weighted by Gasteiger charge is 2.38. The summed E-state index contributed by atoms with van der Waals surface area (Å²) in [6, 6.07) is 26.7. The third-order valence-corrected chi connectivity index (χ3v) is 6.30. The molecule has 0 aliphatic carbocycles. The first-order chi connectivity index (χ1) is 21.1. The Morgan fingerprint density at radius 3 is 2.25 bits per heavy atom. The molecule has 10 nitrogen and oxygen atoms in total. The smallest absolute Gasteiger partial charge is 0.475 e. The number of carboxylic acids is 1. The van der Waals surface area contributed by atoms with E-state index in [9.17, 15) is 18.0 Å². The van der Waals surface area contributed by atoms with Crippen LogP contribution in [0.4, 0.5) is 30.4 Å². The van der Waals surface area contributed by atoms with Gasteiger partial charge in [-0.2, -0.15) is 13.2 Å². The second-order valence-electron chi connectivity index (χ2n) is 9.28. The molecule has 0 atom stereocenters. The summed E-state index contributed by atoms with van der Waals surface area (Å²) in [5.41, 5.74) is 11.5. The average Bonchev–Trinajstić information content (AvgIpc) is 3.41. The molecule has 1 amide bonds. The van der Waals surface area contributed by atoms with E-state index in [-0.39, 0.29) is 5.91 Å². The van der Waals surface area contributed by atoms with Gasteiger partial charge >= 0.3 is 12.1 Å². The van der Waals surface area contributed by atoms with Gasteiger partial charge < -0.3 is 25.9 Å². The lowest BCUT2D eigenvalue weighted by Gasteiger charge is -2.09. The molecule has 0 radical (unpaired) electrons. The van der Waals surface area contributed by atoms with Crippen LogP contribution in [-0.2, 0) is 11.3 Å². The number of alkyl halides is 3. The Morgan fingerprint density at radius 2 is 1.57 bits per heavy atom. The summed E-state index contributed by atoms with van der Waals surface area (Å²) in [7, 11) is 0. The average molecular weight is 601 g/mol. The molecular weight excluding hydrogens is 577 g/mol. The molecule has 0 fully saturated rings. The number of pyridine rings is 1. The normalized spacial score (nSPS) is 11.1. The Kier molecular flexibility index (Phi) is 8.49. The number of aromatic nitrogens is 3. The molecule has 0 bridgehead atoms. The topological polar surface area (TPSA) is 156 Å². The molecule has 0 aliphatic heterocycles. The van der Waals surface area contributed by atoms with Crippen molar-refractivity contribution in [1.82, 2.24) is 15.0 Å². The largest absolute Gasteiger partial charge is 0.490 e. The molecule has 6 rings (SSSR count). The minimum atomic E-state index is -5.08. The molecule has 3 aromatic carbocycles. The monoisotopic (exact) mass is 600 g/mol. The molecule has 3 heterocycles. The van der Waals surface area contributed by atoms with Crippen LogP contribution in [0.3, 0.4) is 0 Å². The zero-order valence-corrected chi connectivity index (χ0v) is 22.7. The highest BCUT2D eigenvalue weighted by atomic mass is 19.4. The molecule has 13 heteroatoms. The second-order valence-corrected chi connectivity index (χ2v) is 9.28. The number of amides is 1. The van der Waals surface area contributed by atoms with E-state index in [0.717, 1.165) is 44.4 Å². The van der Waals surface area contributed by atoms with Crippen molar-refractivity contribution >= 4 is 51.0 Å². The van der Waals surface area contributed by atoms with Gasteiger partial charge in [0.05, 0.1) is 5.69 Å². The Balaban J connectivity index is 0.000000493. The molecule has 3 aromatic heterocycles. The lowest BCUT2D eigenvalue weighted by atomic mass is 10.1. The van der Waals surface area contributed by atoms with E-state index < -0.39 is 12.1 Å². The van der Waals surface area contributed by atoms with Crippen LogP contribution in [0.2, 0.25) is 0 Å². The lowest BCUT2D eigenvalue weighted by Crippen LogP contribution is -2.21. The maximum Gasteiger partial charge on any atom is 0.490 e. The van der Waals surface area contributed by atoms with Gasteiger partial charge in [0, 0.05) is 46.5 Å². The van der Waals surface area contributed by atoms with Crippen LogP contribution in [0.1, 0.15) is 16.1 Å². The van der Waals surface area contributed by atoms with E-state index in [1.807, 2.05) is 60.7 Å². The fourth-order valence-electron chi connectivity index (χ4n) is 4.18. The van der Waals surface area contributed by atoms with Crippen molar-refractivity contribution < 1.29 is 32.3 Å². The van der Waals surface area contributed by atoms with Gasteiger partial charge in [-0.25, -0.2) is 14.8 Å². The number of hydrogen-bond donors (Lipinski definition) is 4. The summed E-state index contributed by atoms with van der Waals surface area (Å²) in [4.78, 5) is 34.4. The molecule has 0 saturated heterocycles. The van der Waals surface area contributed by atoms with Crippen LogP contribution in [-0.4, -0.2) is 38.1 Å². The fourth-order valence-corrected chi connectivity index (χ4v) is 4.18. The van der Waals surface area contributed by atoms with E-state index in [4.69, 9.17) is 20.1 Å². The number of nitrogens with two attached hydrogens (primary N) is 1. The number of carboxylic acid groups (broad SMARTS) is 1. The van der Waals surface area contributed by atoms with Gasteiger partial charge in [-0.05, 0) is 48.0 Å². The first kappa shape index (κ1) is 29.7. The maximum absolute atomic E-state index is 12.5. The number of hydrogen-bond acceptors (Lipinski definition) is 8. The Bertz CT molecular complexity index is 1940. The van der Waals surface area contributed by atoms with Crippen molar-refractivity contribution in [2.75, 3.05) is 10.6 Å². The van der Waals surface area contributed by atoms with Crippen molar-refractivity contribution in [2.45, 2.75) is 12.7 Å². The predicted molar refractivity (Wildman–Crippen MR) is 158 cm³/mol. The number of fused-ring (bicyclic) bond motifs is 3. The Hall–Kier alpha value is -5.82. The first-order valence-corrected chi connectivity index (χ1v) is 13.0. The molecule has 44 heavy (non-hydrogen) atoms. The standard InChI is InChI=1S/C29H22N6O2.C2HF3O2/c30-15-18-8-13-24(31-16-18)29(36)35-20-11-9-19(10-12-20)34-27-14-25(32-17-33-27)23-6-3-5-22-21-4-1-2-7-26(21)37-28(22)23;3-2(4,5)1(6)7/h1-14,16-17H,15,30H2,(H,35,36)(H,32,33,34);(H,6,7). The first-order valence-electron chi connectivity index (χ1n) is 13.0. The van der Waals surface area contributed by atoms with Crippen LogP contribution in [0.25, 0.3) is 33.2 Å². The molecular formula is C31H23F3N6O4. The van der Waals surface area contributed by atoms with E-state index in [1.165, 1.54) is 6.33 Å². The molecule has 0 spiro atoms. The molecule has 222 valence electrons. The van der Waals surface area contributed by atoms with Gasteiger partial charge in [-0.15, -0.1) is 0 Å². The zero-order chi connectivity index (χ0) is 31.3. The van der Waals surface area contributed by atoms with Crippen LogP contribution in [0.15, 0.2) is 102 Å². The SMILES string of the molecule is NCc1ccc(C(=O)Nc2ccc(Nc3cc(-c4cccc5c4oc4ccccc45)ncn3)cc2)nc1.O=C(O)C(F)(F)F. The number of para-hydroxylation sites is 2. The number of rotatable bonds is 6. The van der Waals surface area contributed by atoms with E-state index >= 15 is 0 Å². The number of carbonyl (C=O) groups is 2. The fraction of sp³-hybridized carbons (Fsp3) is 0.0645. The number of furan rings is 1. The van der Waals surface area contributed by atoms with Gasteiger partial charge in [0.15, 0.2) is 0 Å². The number of nitrogens with one attached hydrogen (secondary N) is 2. The van der Waals surface area contributed by atoms with E-state index in [1.54, 1.807) is 18.3 Å². The van der Waals surface area contributed by atoms with Crippen molar-refractivity contribution in [1.29, 1.82) is 0 Å². The Morgan fingerprint density at radius 1 is 0.864 bits per heavy atom. The molecule has 0 aliphatic rings. The van der Waals surface area contributed by atoms with Crippen LogP contribution in [0.5, 0.6) is 0 Å². The van der Waals surface area contributed by atoms with Crippen LogP contribution < -0.4 is 16.4 Å². The number of carbonyl (C=O) groups excluding carboxylic acids is 1. The van der Waals surface area contributed by atoms with Crippen molar-refractivity contribution in [3.8, 4) is 11.3 Å². The summed E-state index contributed by atoms with van der Waals surface area (Å²) in [6.45, 7) is 0.382. The van der Waals surface area contributed by atoms with Gasteiger partial charge in [0.2, 0.25) is 0 Å². The summed E-state index contributed by atoms with van der Waals surface area (Å²) < 4.78 is 37.9. The second kappa shape index (κ2) is 12.6. The number of aliphatic carboxylic acids is 1. The minimum Gasteiger partial charge on any atom is -0.475 e. The van der Waals surface area contributed by atoms with Gasteiger partial charge in [0.1, 0.15) is 29.0 Å². The quantitative estimate of drug-likeness (QED) is 0.167. The molecule has 0 unspecified atom stereocenters. The number of benzene rings is 3. The highest BCUT2D eigenvalue weighted by Crippen LogP contribution is 2.35. The Labute approximate surface area is 247 Å². The summed E-state index contributed by atoms with van der Waals surface area (Å²) in [5.74, 6) is -2.41. The lowest BCUT2D eigenvalue weighted by molar-refractivity contribution is -0.192. The number of halogens is 3. The van der Waals surface area contributed by atoms with Crippen molar-refractivity contribution in [3.05, 3.63) is 109 Å². The maximum atomic E-state index is 12.5. The molecule has 6 aromatic rings. The molecule has 5 N–H and O–H groups in total. The number of nitrogens with zero attached hydrogens (tertiary/aromatic N) is 3. The van der Waals surface area contributed by atoms with Gasteiger partial charge in [-0.3, -0.25) is 9.78 Å². The summed E-state index contributed by atoms with van der Waals surface area (Å²) in [6.07, 6.45) is -1.96. The third kappa shape index (κ3) is 6.79. The zero-order valence-electron chi connectivity index (χ0n) is 22.7. The minimum absolute atomic E-state index is 0.288. The summed E-state index contributed by atoms with van der Waals surface area (Å²) >= 11 is 0. The van der Waals surface area contributed by atoms with Crippen molar-refractivity contribution in [2.24, 2.45) is 5.73 Å². The van der Waals surface area contributed by atoms with E-state index in [0.29, 0.717) is 23.7 Å². The third-order valence-electron chi connectivity index (χ3n) is 6.30. The van der Waals surface area contributed by atoms with Crippen LogP contribution in [0, 0.1) is 0 Å². The van der Waals surface area contributed by atoms with Crippen LogP contribution >= 0.6 is 0 Å². The molecule has 0 saturated carbocycles. The van der Waals surface area contributed by atoms with E-state index in [2.05, 4.69) is 37.7 Å². The predicted octanol–water partition coefficient (Wildman–Crippen LogP) is 6.53. The highest BCUT2D eigenvalue weighted by molar-refractivity contribution is 6.09. The van der Waals surface area contributed by atoms with Gasteiger partial charge in [0.25, 0.3) is 5.91 Å². The van der Waals surface area contributed by atoms with Gasteiger partial charge in [-0.1, -0.05) is 36.4 Å². The van der Waals surface area contributed by atoms with Crippen molar-refractivity contribution in [3.63, 3.8) is 0 Å². The summed E-state index contributed by atoms with van der Waals surface area (Å²) in [5, 5.41) is 15.4. The number of anilines is 3.